The van der Waals surface area contributed by atoms with Crippen LogP contribution in [-0.4, -0.2) is 57.3 Å². The number of allylic oxidation sites excluding steroid dienone is 1. The van der Waals surface area contributed by atoms with Crippen molar-refractivity contribution >= 4 is 11.9 Å². The summed E-state index contributed by atoms with van der Waals surface area (Å²) in [7, 11) is 6.06. The second kappa shape index (κ2) is 7.43. The average molecular weight is 284 g/mol. The largest absolute Gasteiger partial charge is 0.457 e. The number of hydrogen-bond acceptors (Lipinski definition) is 4. The zero-order valence-electron chi connectivity index (χ0n) is 13.0. The van der Waals surface area contributed by atoms with E-state index < -0.39 is 5.97 Å². The van der Waals surface area contributed by atoms with Crippen molar-refractivity contribution in [3.05, 3.63) is 11.6 Å². The molecule has 0 saturated carbocycles. The number of esters is 2. The fraction of sp³-hybridized carbons (Fsp3) is 0.733. The summed E-state index contributed by atoms with van der Waals surface area (Å²) in [6, 6.07) is 0. The molecule has 0 fully saturated rings. The van der Waals surface area contributed by atoms with Gasteiger partial charge in [0.1, 0.15) is 13.2 Å². The number of nitrogens with zero attached hydrogens (tertiary/aromatic N) is 1. The van der Waals surface area contributed by atoms with E-state index in [2.05, 4.69) is 6.92 Å². The molecule has 0 aliphatic heterocycles. The predicted molar refractivity (Wildman–Crippen MR) is 75.9 cm³/mol. The van der Waals surface area contributed by atoms with E-state index in [0.29, 0.717) is 18.1 Å². The van der Waals surface area contributed by atoms with Gasteiger partial charge in [-0.3, -0.25) is 0 Å². The van der Waals surface area contributed by atoms with Crippen LogP contribution in [0, 0.1) is 5.92 Å². The van der Waals surface area contributed by atoms with E-state index in [-0.39, 0.29) is 12.6 Å². The molecule has 0 heterocycles. The Bertz CT molecular complexity index is 382. The van der Waals surface area contributed by atoms with E-state index in [1.165, 1.54) is 0 Å². The highest BCUT2D eigenvalue weighted by molar-refractivity contribution is 5.90. The van der Waals surface area contributed by atoms with E-state index in [9.17, 15) is 9.59 Å². The first-order valence-corrected chi connectivity index (χ1v) is 7.12. The van der Waals surface area contributed by atoms with E-state index in [1.807, 2.05) is 27.2 Å². The van der Waals surface area contributed by atoms with Crippen LogP contribution in [-0.2, 0) is 19.1 Å². The van der Waals surface area contributed by atoms with Gasteiger partial charge in [0.25, 0.3) is 0 Å². The molecule has 1 aliphatic rings. The van der Waals surface area contributed by atoms with Gasteiger partial charge in [0.05, 0.1) is 21.1 Å². The summed E-state index contributed by atoms with van der Waals surface area (Å²) in [6.45, 7) is 2.83. The van der Waals surface area contributed by atoms with E-state index in [0.717, 1.165) is 30.3 Å². The quantitative estimate of drug-likeness (QED) is 0.548. The van der Waals surface area contributed by atoms with Gasteiger partial charge in [0.2, 0.25) is 0 Å². The maximum absolute atomic E-state index is 11.8. The standard InChI is InChI=1S/C15H26NO4/c1-12-6-5-7-13(10-12)15(18)20-11-14(17)19-9-8-16(2,3)4/h10,12H,5-9,11H2,1-4H3/q+1. The summed E-state index contributed by atoms with van der Waals surface area (Å²) in [5.74, 6) is -0.473. The van der Waals surface area contributed by atoms with E-state index in [1.54, 1.807) is 0 Å². The first-order chi connectivity index (χ1) is 9.28. The van der Waals surface area contributed by atoms with Crippen LogP contribution in [0.3, 0.4) is 0 Å². The topological polar surface area (TPSA) is 52.6 Å². The summed E-state index contributed by atoms with van der Waals surface area (Å²) in [6.07, 6.45) is 4.77. The van der Waals surface area contributed by atoms with Crippen LogP contribution in [0.4, 0.5) is 0 Å². The number of carbonyl (C=O) groups excluding carboxylic acids is 2. The predicted octanol–water partition coefficient (Wildman–Crippen LogP) is 1.53. The van der Waals surface area contributed by atoms with Crippen LogP contribution >= 0.6 is 0 Å². The van der Waals surface area contributed by atoms with Crippen molar-refractivity contribution < 1.29 is 23.5 Å². The molecule has 0 aromatic carbocycles. The third kappa shape index (κ3) is 6.70. The highest BCUT2D eigenvalue weighted by Gasteiger charge is 2.18. The van der Waals surface area contributed by atoms with Crippen LogP contribution in [0.15, 0.2) is 11.6 Å². The molecule has 1 rings (SSSR count). The second-order valence-electron chi connectivity index (χ2n) is 6.37. The lowest BCUT2D eigenvalue weighted by Gasteiger charge is -2.23. The van der Waals surface area contributed by atoms with Crippen molar-refractivity contribution in [3.8, 4) is 0 Å². The molecule has 0 amide bonds. The lowest BCUT2D eigenvalue weighted by atomic mass is 9.92. The minimum absolute atomic E-state index is 0.304. The van der Waals surface area contributed by atoms with Crippen LogP contribution in [0.5, 0.6) is 0 Å². The Kier molecular flexibility index (Phi) is 6.20. The highest BCUT2D eigenvalue weighted by atomic mass is 16.6. The number of rotatable bonds is 6. The van der Waals surface area contributed by atoms with Gasteiger partial charge < -0.3 is 14.0 Å². The van der Waals surface area contributed by atoms with Crippen molar-refractivity contribution in [2.75, 3.05) is 40.9 Å². The Morgan fingerprint density at radius 1 is 1.30 bits per heavy atom. The third-order valence-electron chi connectivity index (χ3n) is 3.20. The van der Waals surface area contributed by atoms with Crippen molar-refractivity contribution in [2.24, 2.45) is 5.92 Å². The summed E-state index contributed by atoms with van der Waals surface area (Å²) in [5.41, 5.74) is 0.683. The fourth-order valence-corrected chi connectivity index (χ4v) is 1.99. The van der Waals surface area contributed by atoms with Crippen molar-refractivity contribution in [1.29, 1.82) is 0 Å². The summed E-state index contributed by atoms with van der Waals surface area (Å²) >= 11 is 0. The van der Waals surface area contributed by atoms with Gasteiger partial charge in [0, 0.05) is 5.57 Å². The molecule has 1 atom stereocenters. The molecule has 0 aromatic rings. The van der Waals surface area contributed by atoms with Gasteiger partial charge in [-0.1, -0.05) is 13.0 Å². The Morgan fingerprint density at radius 2 is 2.00 bits per heavy atom. The van der Waals surface area contributed by atoms with Crippen molar-refractivity contribution in [2.45, 2.75) is 26.2 Å². The van der Waals surface area contributed by atoms with Gasteiger partial charge in [-0.25, -0.2) is 9.59 Å². The molecule has 0 aromatic heterocycles. The Labute approximate surface area is 121 Å². The SMILES string of the molecule is CC1C=C(C(=O)OCC(=O)OCC[N+](C)(C)C)CCC1. The summed E-state index contributed by atoms with van der Waals surface area (Å²) in [5, 5.41) is 0. The van der Waals surface area contributed by atoms with E-state index >= 15 is 0 Å². The van der Waals surface area contributed by atoms with Gasteiger partial charge >= 0.3 is 11.9 Å². The maximum Gasteiger partial charge on any atom is 0.344 e. The molecule has 0 radical (unpaired) electrons. The first-order valence-electron chi connectivity index (χ1n) is 7.12. The molecular formula is C15H26NO4+. The van der Waals surface area contributed by atoms with Gasteiger partial charge in [0.15, 0.2) is 6.61 Å². The molecule has 20 heavy (non-hydrogen) atoms. The number of carbonyl (C=O) groups is 2. The Morgan fingerprint density at radius 3 is 2.60 bits per heavy atom. The molecule has 0 spiro atoms. The number of quaternary nitrogens is 1. The molecular weight excluding hydrogens is 258 g/mol. The lowest BCUT2D eigenvalue weighted by Crippen LogP contribution is -2.38. The van der Waals surface area contributed by atoms with E-state index in [4.69, 9.17) is 9.47 Å². The zero-order valence-corrected chi connectivity index (χ0v) is 13.0. The van der Waals surface area contributed by atoms with Crippen LogP contribution in [0.1, 0.15) is 26.2 Å². The molecule has 0 bridgehead atoms. The van der Waals surface area contributed by atoms with Crippen molar-refractivity contribution in [1.82, 2.24) is 0 Å². The third-order valence-corrected chi connectivity index (χ3v) is 3.20. The maximum atomic E-state index is 11.8. The van der Waals surface area contributed by atoms with Crippen LogP contribution in [0.2, 0.25) is 0 Å². The molecule has 0 N–H and O–H groups in total. The zero-order chi connectivity index (χ0) is 15.2. The minimum atomic E-state index is -0.490. The normalized spacial score (nSPS) is 19.2. The van der Waals surface area contributed by atoms with Crippen LogP contribution in [0.25, 0.3) is 0 Å². The summed E-state index contributed by atoms with van der Waals surface area (Å²) in [4.78, 5) is 23.2. The number of likely N-dealkylation sites (N-methyl/N-ethyl adjacent to an activating group) is 1. The van der Waals surface area contributed by atoms with Crippen LogP contribution < -0.4 is 0 Å². The monoisotopic (exact) mass is 284 g/mol. The first kappa shape index (κ1) is 16.7. The lowest BCUT2D eigenvalue weighted by molar-refractivity contribution is -0.870. The second-order valence-corrected chi connectivity index (χ2v) is 6.37. The molecule has 1 aliphatic carbocycles. The van der Waals surface area contributed by atoms with Gasteiger partial charge in [-0.2, -0.15) is 0 Å². The van der Waals surface area contributed by atoms with Crippen molar-refractivity contribution in [3.63, 3.8) is 0 Å². The summed E-state index contributed by atoms with van der Waals surface area (Å²) < 4.78 is 10.7. The molecule has 5 heteroatoms. The van der Waals surface area contributed by atoms with Gasteiger partial charge in [-0.15, -0.1) is 0 Å². The average Bonchev–Trinajstić information content (AvgIpc) is 2.34. The molecule has 114 valence electrons. The fourth-order valence-electron chi connectivity index (χ4n) is 1.99. The Hall–Kier alpha value is -1.36. The molecule has 0 saturated heterocycles. The highest BCUT2D eigenvalue weighted by Crippen LogP contribution is 2.22. The smallest absolute Gasteiger partial charge is 0.344 e. The van der Waals surface area contributed by atoms with Gasteiger partial charge in [-0.05, 0) is 25.2 Å². The minimum Gasteiger partial charge on any atom is -0.457 e. The molecule has 5 nitrogen and oxygen atoms in total. The number of ether oxygens (including phenoxy) is 2. The number of hydrogen-bond donors (Lipinski definition) is 0. The molecule has 1 unspecified atom stereocenters. The Balaban J connectivity index is 2.25.